The lowest BCUT2D eigenvalue weighted by Gasteiger charge is -2.32. The van der Waals surface area contributed by atoms with Crippen LogP contribution < -0.4 is 10.2 Å². The molecule has 0 bridgehead atoms. The normalized spacial score (nSPS) is 14.6. The van der Waals surface area contributed by atoms with Crippen molar-refractivity contribution in [3.8, 4) is 11.3 Å². The molecule has 0 aliphatic carbocycles. The highest BCUT2D eigenvalue weighted by Gasteiger charge is 2.26. The molecule has 1 fully saturated rings. The monoisotopic (exact) mass is 404 g/mol. The van der Waals surface area contributed by atoms with Gasteiger partial charge >= 0.3 is 0 Å². The van der Waals surface area contributed by atoms with Crippen LogP contribution in [-0.2, 0) is 4.79 Å². The van der Waals surface area contributed by atoms with Crippen LogP contribution in [0, 0.1) is 25.6 Å². The van der Waals surface area contributed by atoms with Gasteiger partial charge in [-0.2, -0.15) is 0 Å². The fraction of sp³-hybridized carbons (Fsp3) is 0.292. The topological polar surface area (TPSA) is 58.1 Å². The minimum Gasteiger partial charge on any atom is -0.356 e. The quantitative estimate of drug-likeness (QED) is 0.681. The first-order chi connectivity index (χ1) is 14.5. The number of halogens is 1. The molecular weight excluding hydrogens is 379 g/mol. The minimum absolute atomic E-state index is 0.0134. The van der Waals surface area contributed by atoms with Crippen LogP contribution in [-0.4, -0.2) is 29.0 Å². The van der Waals surface area contributed by atoms with Gasteiger partial charge in [0.25, 0.3) is 0 Å². The van der Waals surface area contributed by atoms with Gasteiger partial charge in [-0.15, -0.1) is 0 Å². The van der Waals surface area contributed by atoms with Crippen molar-refractivity contribution in [2.24, 2.45) is 5.92 Å². The molecule has 0 saturated carbocycles. The third kappa shape index (κ3) is 4.64. The maximum atomic E-state index is 13.2. The average molecular weight is 404 g/mol. The second kappa shape index (κ2) is 8.61. The fourth-order valence-corrected chi connectivity index (χ4v) is 3.96. The highest BCUT2D eigenvalue weighted by molar-refractivity contribution is 5.92. The molecule has 1 N–H and O–H groups in total. The number of rotatable bonds is 4. The zero-order valence-electron chi connectivity index (χ0n) is 17.2. The number of nitrogens with zero attached hydrogens (tertiary/aromatic N) is 3. The molecule has 1 aliphatic heterocycles. The van der Waals surface area contributed by atoms with E-state index < -0.39 is 0 Å². The minimum atomic E-state index is -0.269. The Hall–Kier alpha value is -3.28. The molecule has 5 nitrogen and oxygen atoms in total. The molecular formula is C24H25FN4O. The predicted molar refractivity (Wildman–Crippen MR) is 117 cm³/mol. The SMILES string of the molecule is Cc1cc(C)cc(NC(=O)C2CCN(c3cc(-c4ccc(F)cc4)ncn3)CC2)c1. The first kappa shape index (κ1) is 20.0. The van der Waals surface area contributed by atoms with Gasteiger partial charge in [-0.3, -0.25) is 4.79 Å². The number of anilines is 2. The summed E-state index contributed by atoms with van der Waals surface area (Å²) >= 11 is 0. The van der Waals surface area contributed by atoms with Crippen LogP contribution in [0.2, 0.25) is 0 Å². The number of aromatic nitrogens is 2. The molecule has 154 valence electrons. The summed E-state index contributed by atoms with van der Waals surface area (Å²) < 4.78 is 13.2. The van der Waals surface area contributed by atoms with Crippen LogP contribution in [0.3, 0.4) is 0 Å². The van der Waals surface area contributed by atoms with E-state index in [1.165, 1.54) is 18.5 Å². The van der Waals surface area contributed by atoms with Crippen molar-refractivity contribution in [2.45, 2.75) is 26.7 Å². The smallest absolute Gasteiger partial charge is 0.227 e. The van der Waals surface area contributed by atoms with Crippen molar-refractivity contribution in [2.75, 3.05) is 23.3 Å². The maximum absolute atomic E-state index is 13.2. The third-order valence-corrected chi connectivity index (χ3v) is 5.47. The Labute approximate surface area is 176 Å². The predicted octanol–water partition coefficient (Wildman–Crippen LogP) is 4.75. The number of carbonyl (C=O) groups excluding carboxylic acids is 1. The van der Waals surface area contributed by atoms with Crippen molar-refractivity contribution in [3.05, 3.63) is 71.8 Å². The molecule has 2 aromatic carbocycles. The summed E-state index contributed by atoms with van der Waals surface area (Å²) in [7, 11) is 0. The molecule has 0 radical (unpaired) electrons. The summed E-state index contributed by atoms with van der Waals surface area (Å²) in [5.74, 6) is 0.626. The Morgan fingerprint density at radius 1 is 1.00 bits per heavy atom. The van der Waals surface area contributed by atoms with E-state index in [9.17, 15) is 9.18 Å². The first-order valence-corrected chi connectivity index (χ1v) is 10.2. The van der Waals surface area contributed by atoms with Gasteiger partial charge in [-0.25, -0.2) is 14.4 Å². The van der Waals surface area contributed by atoms with Gasteiger partial charge in [0, 0.05) is 36.3 Å². The van der Waals surface area contributed by atoms with E-state index in [4.69, 9.17) is 0 Å². The fourth-order valence-electron chi connectivity index (χ4n) is 3.96. The standard InChI is InChI=1S/C24H25FN4O/c1-16-11-17(2)13-21(12-16)28-24(30)19-7-9-29(10-8-19)23-14-22(26-15-27-23)18-3-5-20(25)6-4-18/h3-6,11-15,19H,7-10H2,1-2H3,(H,28,30). The van der Waals surface area contributed by atoms with Crippen LogP contribution in [0.15, 0.2) is 54.9 Å². The first-order valence-electron chi connectivity index (χ1n) is 10.2. The van der Waals surface area contributed by atoms with Crippen molar-refractivity contribution in [1.29, 1.82) is 0 Å². The Morgan fingerprint density at radius 3 is 2.33 bits per heavy atom. The lowest BCUT2D eigenvalue weighted by atomic mass is 9.95. The molecule has 30 heavy (non-hydrogen) atoms. The molecule has 1 aliphatic rings. The van der Waals surface area contributed by atoms with Crippen LogP contribution in [0.25, 0.3) is 11.3 Å². The molecule has 3 aromatic rings. The number of amides is 1. The van der Waals surface area contributed by atoms with Crippen molar-refractivity contribution < 1.29 is 9.18 Å². The Kier molecular flexibility index (Phi) is 5.74. The van der Waals surface area contributed by atoms with Crippen molar-refractivity contribution in [1.82, 2.24) is 9.97 Å². The van der Waals surface area contributed by atoms with E-state index in [0.717, 1.165) is 59.8 Å². The summed E-state index contributed by atoms with van der Waals surface area (Å²) in [6.45, 7) is 5.57. The Balaban J connectivity index is 1.39. The van der Waals surface area contributed by atoms with E-state index >= 15 is 0 Å². The number of nitrogens with one attached hydrogen (secondary N) is 1. The van der Waals surface area contributed by atoms with E-state index in [2.05, 4.69) is 26.3 Å². The van der Waals surface area contributed by atoms with Gasteiger partial charge < -0.3 is 10.2 Å². The highest BCUT2D eigenvalue weighted by Crippen LogP contribution is 2.26. The summed E-state index contributed by atoms with van der Waals surface area (Å²) in [4.78, 5) is 23.6. The summed E-state index contributed by atoms with van der Waals surface area (Å²) in [5.41, 5.74) is 4.75. The number of carbonyl (C=O) groups is 1. The molecule has 6 heteroatoms. The largest absolute Gasteiger partial charge is 0.356 e. The van der Waals surface area contributed by atoms with Crippen molar-refractivity contribution >= 4 is 17.4 Å². The zero-order valence-corrected chi connectivity index (χ0v) is 17.2. The van der Waals surface area contributed by atoms with Gasteiger partial charge in [0.1, 0.15) is 18.0 Å². The van der Waals surface area contributed by atoms with Crippen LogP contribution in [0.5, 0.6) is 0 Å². The molecule has 2 heterocycles. The number of aryl methyl sites for hydroxylation is 2. The lowest BCUT2D eigenvalue weighted by Crippen LogP contribution is -2.38. The van der Waals surface area contributed by atoms with Crippen LogP contribution in [0.4, 0.5) is 15.9 Å². The third-order valence-electron chi connectivity index (χ3n) is 5.47. The second-order valence-electron chi connectivity index (χ2n) is 7.90. The van der Waals surface area contributed by atoms with Crippen molar-refractivity contribution in [3.63, 3.8) is 0 Å². The number of benzene rings is 2. The van der Waals surface area contributed by atoms with E-state index in [-0.39, 0.29) is 17.6 Å². The zero-order chi connectivity index (χ0) is 21.1. The summed E-state index contributed by atoms with van der Waals surface area (Å²) in [6, 6.07) is 14.3. The van der Waals surface area contributed by atoms with Gasteiger partial charge in [-0.05, 0) is 74.2 Å². The van der Waals surface area contributed by atoms with E-state index in [1.54, 1.807) is 12.1 Å². The van der Waals surface area contributed by atoms with Crippen LogP contribution >= 0.6 is 0 Å². The Morgan fingerprint density at radius 2 is 1.67 bits per heavy atom. The van der Waals surface area contributed by atoms with Gasteiger partial charge in [0.2, 0.25) is 5.91 Å². The van der Waals surface area contributed by atoms with Gasteiger partial charge in [-0.1, -0.05) is 6.07 Å². The van der Waals surface area contributed by atoms with E-state index in [0.29, 0.717) is 0 Å². The lowest BCUT2D eigenvalue weighted by molar-refractivity contribution is -0.120. The summed E-state index contributed by atoms with van der Waals surface area (Å²) in [5, 5.41) is 3.07. The molecule has 4 rings (SSSR count). The maximum Gasteiger partial charge on any atom is 0.227 e. The highest BCUT2D eigenvalue weighted by atomic mass is 19.1. The number of piperidine rings is 1. The molecule has 1 aromatic heterocycles. The average Bonchev–Trinajstić information content (AvgIpc) is 2.74. The summed E-state index contributed by atoms with van der Waals surface area (Å²) in [6.07, 6.45) is 3.08. The molecule has 0 unspecified atom stereocenters. The van der Waals surface area contributed by atoms with Crippen LogP contribution in [0.1, 0.15) is 24.0 Å². The molecule has 0 atom stereocenters. The number of hydrogen-bond donors (Lipinski definition) is 1. The van der Waals surface area contributed by atoms with Gasteiger partial charge in [0.15, 0.2) is 0 Å². The molecule has 1 amide bonds. The van der Waals surface area contributed by atoms with Gasteiger partial charge in [0.05, 0.1) is 5.69 Å². The van der Waals surface area contributed by atoms with E-state index in [1.807, 2.05) is 32.0 Å². The molecule has 0 spiro atoms. The second-order valence-corrected chi connectivity index (χ2v) is 7.90. The Bertz CT molecular complexity index is 1020. The number of hydrogen-bond acceptors (Lipinski definition) is 4. The molecule has 1 saturated heterocycles.